The maximum absolute atomic E-state index is 12.4. The summed E-state index contributed by atoms with van der Waals surface area (Å²) in [4.78, 5) is 25.0. The number of hydrogen-bond donors (Lipinski definition) is 1. The van der Waals surface area contributed by atoms with Crippen LogP contribution in [0.3, 0.4) is 0 Å². The fourth-order valence-corrected chi connectivity index (χ4v) is 2.60. The van der Waals surface area contributed by atoms with Crippen molar-refractivity contribution in [3.63, 3.8) is 0 Å². The van der Waals surface area contributed by atoms with E-state index in [1.165, 1.54) is 0 Å². The average Bonchev–Trinajstić information content (AvgIpc) is 2.45. The van der Waals surface area contributed by atoms with Crippen molar-refractivity contribution in [2.75, 3.05) is 6.54 Å². The summed E-state index contributed by atoms with van der Waals surface area (Å²) in [5, 5.41) is 8.78. The molecule has 1 aliphatic heterocycles. The van der Waals surface area contributed by atoms with Gasteiger partial charge in [-0.15, -0.1) is 0 Å². The molecule has 1 unspecified atom stereocenters. The van der Waals surface area contributed by atoms with Crippen LogP contribution < -0.4 is 0 Å². The molecule has 4 heteroatoms. The van der Waals surface area contributed by atoms with Crippen LogP contribution in [-0.4, -0.2) is 34.5 Å². The van der Waals surface area contributed by atoms with Crippen LogP contribution in [0.25, 0.3) is 0 Å². The Hall–Kier alpha value is -1.84. The van der Waals surface area contributed by atoms with Gasteiger partial charge in [0.15, 0.2) is 0 Å². The molecule has 1 fully saturated rings. The fraction of sp³-hybridized carbons (Fsp3) is 0.467. The van der Waals surface area contributed by atoms with Gasteiger partial charge in [-0.25, -0.2) is 0 Å². The maximum atomic E-state index is 12.4. The summed E-state index contributed by atoms with van der Waals surface area (Å²) in [5.41, 5.74) is 0.685. The zero-order chi connectivity index (χ0) is 13.7. The van der Waals surface area contributed by atoms with E-state index in [1.807, 2.05) is 35.2 Å². The SMILES string of the molecule is O=C(O)CCC1CCCCN1C(=O)c1ccccc1. The number of piperidine rings is 1. The first-order valence-electron chi connectivity index (χ1n) is 6.76. The topological polar surface area (TPSA) is 57.6 Å². The van der Waals surface area contributed by atoms with E-state index in [2.05, 4.69) is 0 Å². The fourth-order valence-electron chi connectivity index (χ4n) is 2.60. The molecule has 1 atom stereocenters. The number of carbonyl (C=O) groups is 2. The van der Waals surface area contributed by atoms with Crippen LogP contribution in [0.5, 0.6) is 0 Å². The molecule has 1 saturated heterocycles. The van der Waals surface area contributed by atoms with E-state index in [9.17, 15) is 9.59 Å². The number of carboxylic acid groups (broad SMARTS) is 1. The highest BCUT2D eigenvalue weighted by atomic mass is 16.4. The van der Waals surface area contributed by atoms with Crippen molar-refractivity contribution < 1.29 is 14.7 Å². The van der Waals surface area contributed by atoms with E-state index in [0.717, 1.165) is 25.8 Å². The number of nitrogens with zero attached hydrogens (tertiary/aromatic N) is 1. The van der Waals surface area contributed by atoms with Crippen molar-refractivity contribution in [3.05, 3.63) is 35.9 Å². The molecule has 1 aromatic carbocycles. The number of likely N-dealkylation sites (tertiary alicyclic amines) is 1. The largest absolute Gasteiger partial charge is 0.481 e. The Morgan fingerprint density at radius 3 is 2.63 bits per heavy atom. The minimum atomic E-state index is -0.794. The van der Waals surface area contributed by atoms with Gasteiger partial charge in [-0.1, -0.05) is 18.2 Å². The molecule has 0 bridgehead atoms. The van der Waals surface area contributed by atoms with Gasteiger partial charge >= 0.3 is 5.97 Å². The monoisotopic (exact) mass is 261 g/mol. The first kappa shape index (κ1) is 13.6. The number of carbonyl (C=O) groups excluding carboxylic acids is 1. The van der Waals surface area contributed by atoms with Gasteiger partial charge < -0.3 is 10.0 Å². The normalized spacial score (nSPS) is 19.2. The second kappa shape index (κ2) is 6.36. The predicted octanol–water partition coefficient (Wildman–Crippen LogP) is 2.55. The number of rotatable bonds is 4. The molecule has 0 saturated carbocycles. The molecule has 1 aliphatic rings. The van der Waals surface area contributed by atoms with E-state index in [-0.39, 0.29) is 18.4 Å². The Bertz CT molecular complexity index is 444. The average molecular weight is 261 g/mol. The lowest BCUT2D eigenvalue weighted by atomic mass is 9.97. The predicted molar refractivity (Wildman–Crippen MR) is 72.0 cm³/mol. The third kappa shape index (κ3) is 3.56. The zero-order valence-electron chi connectivity index (χ0n) is 10.9. The second-order valence-corrected chi connectivity index (χ2v) is 4.95. The second-order valence-electron chi connectivity index (χ2n) is 4.95. The van der Waals surface area contributed by atoms with Crippen molar-refractivity contribution >= 4 is 11.9 Å². The van der Waals surface area contributed by atoms with Crippen LogP contribution in [0.1, 0.15) is 42.5 Å². The highest BCUT2D eigenvalue weighted by Gasteiger charge is 2.27. The quantitative estimate of drug-likeness (QED) is 0.906. The molecule has 4 nitrogen and oxygen atoms in total. The van der Waals surface area contributed by atoms with Crippen LogP contribution in [-0.2, 0) is 4.79 Å². The zero-order valence-corrected chi connectivity index (χ0v) is 10.9. The van der Waals surface area contributed by atoms with Crippen molar-refractivity contribution in [2.45, 2.75) is 38.1 Å². The Morgan fingerprint density at radius 2 is 1.95 bits per heavy atom. The van der Waals surface area contributed by atoms with Gasteiger partial charge in [0, 0.05) is 24.6 Å². The summed E-state index contributed by atoms with van der Waals surface area (Å²) in [6.07, 6.45) is 3.66. The van der Waals surface area contributed by atoms with Crippen molar-refractivity contribution in [3.8, 4) is 0 Å². The molecule has 1 N–H and O–H groups in total. The summed E-state index contributed by atoms with van der Waals surface area (Å²) in [5.74, 6) is -0.770. The van der Waals surface area contributed by atoms with E-state index in [0.29, 0.717) is 12.0 Å². The minimum Gasteiger partial charge on any atom is -0.481 e. The summed E-state index contributed by atoms with van der Waals surface area (Å²) < 4.78 is 0. The molecule has 1 heterocycles. The Kier molecular flexibility index (Phi) is 4.55. The van der Waals surface area contributed by atoms with Crippen molar-refractivity contribution in [1.82, 2.24) is 4.90 Å². The van der Waals surface area contributed by atoms with Crippen molar-refractivity contribution in [1.29, 1.82) is 0 Å². The molecular formula is C15H19NO3. The molecule has 19 heavy (non-hydrogen) atoms. The minimum absolute atomic E-state index is 0.0238. The van der Waals surface area contributed by atoms with Gasteiger partial charge in [-0.05, 0) is 37.8 Å². The number of aliphatic carboxylic acids is 1. The molecule has 0 aliphatic carbocycles. The van der Waals surface area contributed by atoms with Crippen LogP contribution in [0, 0.1) is 0 Å². The molecule has 1 aromatic rings. The molecule has 102 valence electrons. The number of benzene rings is 1. The standard InChI is InChI=1S/C15H19NO3/c17-14(18)10-9-13-8-4-5-11-16(13)15(19)12-6-2-1-3-7-12/h1-3,6-7,13H,4-5,8-11H2,(H,17,18). The molecule has 2 rings (SSSR count). The lowest BCUT2D eigenvalue weighted by molar-refractivity contribution is -0.137. The first-order valence-corrected chi connectivity index (χ1v) is 6.76. The number of carboxylic acids is 1. The van der Waals surface area contributed by atoms with E-state index < -0.39 is 5.97 Å². The van der Waals surface area contributed by atoms with Crippen LogP contribution in [0.2, 0.25) is 0 Å². The third-order valence-corrected chi connectivity index (χ3v) is 3.60. The summed E-state index contributed by atoms with van der Waals surface area (Å²) >= 11 is 0. The van der Waals surface area contributed by atoms with Gasteiger partial charge in [-0.3, -0.25) is 9.59 Å². The highest BCUT2D eigenvalue weighted by Crippen LogP contribution is 2.23. The van der Waals surface area contributed by atoms with Crippen LogP contribution in [0.4, 0.5) is 0 Å². The first-order chi connectivity index (χ1) is 9.18. The van der Waals surface area contributed by atoms with E-state index in [4.69, 9.17) is 5.11 Å². The van der Waals surface area contributed by atoms with Crippen LogP contribution >= 0.6 is 0 Å². The Balaban J connectivity index is 2.06. The molecule has 0 aromatic heterocycles. The number of amides is 1. The van der Waals surface area contributed by atoms with Gasteiger partial charge in [0.05, 0.1) is 0 Å². The smallest absolute Gasteiger partial charge is 0.303 e. The summed E-state index contributed by atoms with van der Waals surface area (Å²) in [7, 11) is 0. The molecule has 1 amide bonds. The van der Waals surface area contributed by atoms with Gasteiger partial charge in [0.2, 0.25) is 0 Å². The van der Waals surface area contributed by atoms with E-state index >= 15 is 0 Å². The van der Waals surface area contributed by atoms with Gasteiger partial charge in [-0.2, -0.15) is 0 Å². The molecule has 0 radical (unpaired) electrons. The Labute approximate surface area is 113 Å². The lowest BCUT2D eigenvalue weighted by Gasteiger charge is -2.35. The Morgan fingerprint density at radius 1 is 1.21 bits per heavy atom. The number of hydrogen-bond acceptors (Lipinski definition) is 2. The summed E-state index contributed by atoms with van der Waals surface area (Å²) in [6.45, 7) is 0.734. The van der Waals surface area contributed by atoms with E-state index in [1.54, 1.807) is 0 Å². The van der Waals surface area contributed by atoms with Crippen molar-refractivity contribution in [2.24, 2.45) is 0 Å². The van der Waals surface area contributed by atoms with Gasteiger partial charge in [0.1, 0.15) is 0 Å². The lowest BCUT2D eigenvalue weighted by Crippen LogP contribution is -2.43. The summed E-state index contributed by atoms with van der Waals surface area (Å²) in [6, 6.07) is 9.27. The molecule has 0 spiro atoms. The molecular weight excluding hydrogens is 242 g/mol. The van der Waals surface area contributed by atoms with Gasteiger partial charge in [0.25, 0.3) is 5.91 Å². The third-order valence-electron chi connectivity index (χ3n) is 3.60. The maximum Gasteiger partial charge on any atom is 0.303 e. The van der Waals surface area contributed by atoms with Crippen LogP contribution in [0.15, 0.2) is 30.3 Å². The highest BCUT2D eigenvalue weighted by molar-refractivity contribution is 5.94.